The highest BCUT2D eigenvalue weighted by molar-refractivity contribution is 6.29. The third-order valence-corrected chi connectivity index (χ3v) is 3.28. The molecule has 1 N–H and O–H groups in total. The number of carboxylic acids is 1. The van der Waals surface area contributed by atoms with E-state index >= 15 is 0 Å². The fourth-order valence-corrected chi connectivity index (χ4v) is 2.33. The van der Waals surface area contributed by atoms with E-state index in [-0.39, 0.29) is 24.0 Å². The summed E-state index contributed by atoms with van der Waals surface area (Å²) in [4.78, 5) is 32.3. The number of carbonyl (C=O) groups excluding carboxylic acids is 1. The molecule has 0 aromatic carbocycles. The number of carboxylic acid groups (broad SMARTS) is 1. The topological polar surface area (TPSA) is 102 Å². The van der Waals surface area contributed by atoms with Crippen LogP contribution in [0.3, 0.4) is 0 Å². The van der Waals surface area contributed by atoms with Crippen LogP contribution in [-0.2, 0) is 9.53 Å². The Hall–Kier alpha value is -2.09. The molecule has 8 nitrogen and oxygen atoms in total. The van der Waals surface area contributed by atoms with Gasteiger partial charge < -0.3 is 14.6 Å². The van der Waals surface area contributed by atoms with E-state index in [1.165, 1.54) is 12.4 Å². The van der Waals surface area contributed by atoms with Crippen molar-refractivity contribution in [1.82, 2.24) is 14.9 Å². The Kier molecular flexibility index (Phi) is 4.93. The van der Waals surface area contributed by atoms with Crippen molar-refractivity contribution in [3.05, 3.63) is 17.5 Å². The van der Waals surface area contributed by atoms with Gasteiger partial charge in [-0.3, -0.25) is 4.90 Å². The molecule has 2 atom stereocenters. The van der Waals surface area contributed by atoms with Crippen LogP contribution in [-0.4, -0.2) is 56.3 Å². The lowest BCUT2D eigenvalue weighted by Crippen LogP contribution is -2.43. The predicted octanol–water partition coefficient (Wildman–Crippen LogP) is 1.97. The van der Waals surface area contributed by atoms with Crippen molar-refractivity contribution in [2.75, 3.05) is 6.54 Å². The van der Waals surface area contributed by atoms with Crippen LogP contribution in [0.5, 0.6) is 5.88 Å². The normalized spacial score (nSPS) is 21.1. The number of aromatic nitrogens is 2. The van der Waals surface area contributed by atoms with Crippen molar-refractivity contribution in [1.29, 1.82) is 0 Å². The van der Waals surface area contributed by atoms with Gasteiger partial charge in [-0.15, -0.1) is 0 Å². The Bertz CT molecular complexity index is 604. The SMILES string of the molecule is CC(C)(C)OC(=O)N1C[C@H](Oc2cc(Cl)ncn2)C[C@H]1C(=O)O. The minimum absolute atomic E-state index is 0.0908. The molecule has 0 radical (unpaired) electrons. The van der Waals surface area contributed by atoms with Gasteiger partial charge >= 0.3 is 12.1 Å². The summed E-state index contributed by atoms with van der Waals surface area (Å²) in [5, 5.41) is 9.52. The highest BCUT2D eigenvalue weighted by Crippen LogP contribution is 2.25. The van der Waals surface area contributed by atoms with Gasteiger partial charge in [0.15, 0.2) is 0 Å². The van der Waals surface area contributed by atoms with E-state index in [9.17, 15) is 14.7 Å². The maximum absolute atomic E-state index is 12.2. The van der Waals surface area contributed by atoms with E-state index in [2.05, 4.69) is 9.97 Å². The van der Waals surface area contributed by atoms with Gasteiger partial charge in [0.2, 0.25) is 5.88 Å². The first-order valence-corrected chi connectivity index (χ1v) is 7.40. The van der Waals surface area contributed by atoms with Crippen LogP contribution in [0.25, 0.3) is 0 Å². The van der Waals surface area contributed by atoms with Gasteiger partial charge in [-0.2, -0.15) is 0 Å². The summed E-state index contributed by atoms with van der Waals surface area (Å²) >= 11 is 5.75. The van der Waals surface area contributed by atoms with Crippen LogP contribution in [0.4, 0.5) is 4.79 Å². The maximum atomic E-state index is 12.2. The van der Waals surface area contributed by atoms with Gasteiger partial charge in [0, 0.05) is 12.5 Å². The summed E-state index contributed by atoms with van der Waals surface area (Å²) in [5.41, 5.74) is -0.709. The van der Waals surface area contributed by atoms with Crippen molar-refractivity contribution in [3.8, 4) is 5.88 Å². The van der Waals surface area contributed by atoms with Gasteiger partial charge in [0.25, 0.3) is 0 Å². The summed E-state index contributed by atoms with van der Waals surface area (Å²) in [7, 11) is 0. The summed E-state index contributed by atoms with van der Waals surface area (Å²) < 4.78 is 10.8. The number of hydrogen-bond donors (Lipinski definition) is 1. The molecule has 1 fully saturated rings. The second kappa shape index (κ2) is 6.57. The van der Waals surface area contributed by atoms with Crippen LogP contribution < -0.4 is 4.74 Å². The van der Waals surface area contributed by atoms with Crippen molar-refractivity contribution in [2.24, 2.45) is 0 Å². The fraction of sp³-hybridized carbons (Fsp3) is 0.571. The lowest BCUT2D eigenvalue weighted by atomic mass is 10.2. The monoisotopic (exact) mass is 343 g/mol. The van der Waals surface area contributed by atoms with Crippen molar-refractivity contribution in [2.45, 2.75) is 44.9 Å². The molecule has 9 heteroatoms. The molecule has 0 saturated carbocycles. The molecule has 1 aliphatic heterocycles. The fourth-order valence-electron chi connectivity index (χ4n) is 2.19. The molecule has 0 unspecified atom stereocenters. The zero-order chi connectivity index (χ0) is 17.2. The number of ether oxygens (including phenoxy) is 2. The van der Waals surface area contributed by atoms with Gasteiger partial charge in [0.1, 0.15) is 29.2 Å². The molecule has 1 amide bonds. The highest BCUT2D eigenvalue weighted by atomic mass is 35.5. The van der Waals surface area contributed by atoms with Gasteiger partial charge in [-0.25, -0.2) is 19.6 Å². The molecule has 2 rings (SSSR count). The summed E-state index contributed by atoms with van der Waals surface area (Å²) in [6.07, 6.45) is 0.176. The molecule has 1 aliphatic rings. The average Bonchev–Trinajstić information content (AvgIpc) is 2.81. The third-order valence-electron chi connectivity index (χ3n) is 3.07. The molecule has 1 aromatic heterocycles. The molecule has 0 spiro atoms. The zero-order valence-corrected chi connectivity index (χ0v) is 13.8. The number of carbonyl (C=O) groups is 2. The van der Waals surface area contributed by atoms with Gasteiger partial charge in [0.05, 0.1) is 6.54 Å². The summed E-state index contributed by atoms with van der Waals surface area (Å²) in [6, 6.07) is 0.417. The number of nitrogens with zero attached hydrogens (tertiary/aromatic N) is 3. The van der Waals surface area contributed by atoms with Crippen LogP contribution >= 0.6 is 11.6 Å². The van der Waals surface area contributed by atoms with E-state index < -0.39 is 29.8 Å². The number of aliphatic carboxylic acids is 1. The second-order valence-corrected chi connectivity index (χ2v) is 6.53. The van der Waals surface area contributed by atoms with E-state index in [0.717, 1.165) is 4.90 Å². The Balaban J connectivity index is 2.08. The molecule has 126 valence electrons. The Morgan fingerprint density at radius 1 is 1.39 bits per heavy atom. The van der Waals surface area contributed by atoms with Crippen molar-refractivity contribution < 1.29 is 24.2 Å². The number of hydrogen-bond acceptors (Lipinski definition) is 6. The van der Waals surface area contributed by atoms with Gasteiger partial charge in [-0.1, -0.05) is 11.6 Å². The number of likely N-dealkylation sites (tertiary alicyclic amines) is 1. The smallest absolute Gasteiger partial charge is 0.411 e. The zero-order valence-electron chi connectivity index (χ0n) is 13.0. The lowest BCUT2D eigenvalue weighted by Gasteiger charge is -2.26. The number of amides is 1. The summed E-state index contributed by atoms with van der Waals surface area (Å²) in [5.74, 6) is -0.882. The predicted molar refractivity (Wildman–Crippen MR) is 80.4 cm³/mol. The molecule has 2 heterocycles. The lowest BCUT2D eigenvalue weighted by molar-refractivity contribution is -0.142. The molecular weight excluding hydrogens is 326 g/mol. The third kappa shape index (κ3) is 4.69. The summed E-state index contributed by atoms with van der Waals surface area (Å²) in [6.45, 7) is 5.24. The Labute approximate surface area is 138 Å². The molecule has 23 heavy (non-hydrogen) atoms. The molecule has 1 aromatic rings. The second-order valence-electron chi connectivity index (χ2n) is 6.14. The Morgan fingerprint density at radius 2 is 2.09 bits per heavy atom. The van der Waals surface area contributed by atoms with E-state index in [4.69, 9.17) is 21.1 Å². The largest absolute Gasteiger partial charge is 0.480 e. The molecular formula is C14H18ClN3O5. The first kappa shape index (κ1) is 17.3. The van der Waals surface area contributed by atoms with E-state index in [0.29, 0.717) is 0 Å². The van der Waals surface area contributed by atoms with E-state index in [1.807, 2.05) is 0 Å². The minimum atomic E-state index is -1.11. The number of halogens is 1. The van der Waals surface area contributed by atoms with Crippen molar-refractivity contribution in [3.63, 3.8) is 0 Å². The van der Waals surface area contributed by atoms with Crippen molar-refractivity contribution >= 4 is 23.7 Å². The van der Waals surface area contributed by atoms with Crippen LogP contribution in [0, 0.1) is 0 Å². The standard InChI is InChI=1S/C14H18ClN3O5/c1-14(2,3)23-13(21)18-6-8(4-9(18)12(19)20)22-11-5-10(15)16-7-17-11/h5,7-9H,4,6H2,1-3H3,(H,19,20)/t8-,9+/m1/s1. The molecule has 0 aliphatic carbocycles. The van der Waals surface area contributed by atoms with Crippen LogP contribution in [0.1, 0.15) is 27.2 Å². The first-order valence-electron chi connectivity index (χ1n) is 7.02. The molecule has 0 bridgehead atoms. The van der Waals surface area contributed by atoms with Crippen LogP contribution in [0.15, 0.2) is 12.4 Å². The minimum Gasteiger partial charge on any atom is -0.480 e. The first-order chi connectivity index (χ1) is 10.7. The van der Waals surface area contributed by atoms with Crippen LogP contribution in [0.2, 0.25) is 5.15 Å². The van der Waals surface area contributed by atoms with Gasteiger partial charge in [-0.05, 0) is 20.8 Å². The maximum Gasteiger partial charge on any atom is 0.411 e. The van der Waals surface area contributed by atoms with E-state index in [1.54, 1.807) is 20.8 Å². The highest BCUT2D eigenvalue weighted by Gasteiger charge is 2.42. The number of rotatable bonds is 3. The average molecular weight is 344 g/mol. The molecule has 1 saturated heterocycles. The Morgan fingerprint density at radius 3 is 2.65 bits per heavy atom. The quantitative estimate of drug-likeness (QED) is 0.837.